The fourth-order valence-corrected chi connectivity index (χ4v) is 2.73. The molecular formula is C11H17NO2. The first-order chi connectivity index (χ1) is 6.75. The highest BCUT2D eigenvalue weighted by Gasteiger charge is 2.32. The van der Waals surface area contributed by atoms with Crippen molar-refractivity contribution in [2.24, 2.45) is 11.8 Å². The van der Waals surface area contributed by atoms with Gasteiger partial charge in [-0.3, -0.25) is 0 Å². The number of hydrogen-bond acceptors (Lipinski definition) is 2. The molecule has 0 bridgehead atoms. The molecule has 0 aromatic carbocycles. The zero-order chi connectivity index (χ0) is 9.97. The third kappa shape index (κ3) is 2.08. The summed E-state index contributed by atoms with van der Waals surface area (Å²) in [7, 11) is 0. The summed E-state index contributed by atoms with van der Waals surface area (Å²) >= 11 is 0. The molecule has 14 heavy (non-hydrogen) atoms. The zero-order valence-corrected chi connectivity index (χ0v) is 8.35. The van der Waals surface area contributed by atoms with Crippen LogP contribution in [0.1, 0.15) is 25.7 Å². The van der Waals surface area contributed by atoms with Gasteiger partial charge >= 0.3 is 5.97 Å². The number of hydrogen-bond donors (Lipinski definition) is 1. The van der Waals surface area contributed by atoms with Gasteiger partial charge in [0.25, 0.3) is 0 Å². The molecule has 1 aliphatic heterocycles. The molecule has 0 amide bonds. The highest BCUT2D eigenvalue weighted by atomic mass is 16.4. The van der Waals surface area contributed by atoms with E-state index in [1.807, 2.05) is 0 Å². The Labute approximate surface area is 84.4 Å². The molecule has 2 atom stereocenters. The first-order valence-corrected chi connectivity index (χ1v) is 5.41. The van der Waals surface area contributed by atoms with Crippen molar-refractivity contribution in [2.75, 3.05) is 13.1 Å². The fraction of sp³-hybridized carbons (Fsp3) is 0.727. The zero-order valence-electron chi connectivity index (χ0n) is 8.35. The average molecular weight is 195 g/mol. The fourth-order valence-electron chi connectivity index (χ4n) is 2.73. The molecular weight excluding hydrogens is 178 g/mol. The number of likely N-dealkylation sites (tertiary alicyclic amines) is 1. The molecule has 0 spiro atoms. The Morgan fingerprint density at radius 3 is 2.29 bits per heavy atom. The maximum absolute atomic E-state index is 10.4. The summed E-state index contributed by atoms with van der Waals surface area (Å²) in [6.07, 6.45) is 8.37. The van der Waals surface area contributed by atoms with E-state index >= 15 is 0 Å². The van der Waals surface area contributed by atoms with Crippen molar-refractivity contribution < 1.29 is 9.90 Å². The number of nitrogens with zero attached hydrogens (tertiary/aromatic N) is 1. The molecule has 2 unspecified atom stereocenters. The van der Waals surface area contributed by atoms with Crippen LogP contribution in [-0.2, 0) is 4.79 Å². The van der Waals surface area contributed by atoms with Gasteiger partial charge in [-0.2, -0.15) is 0 Å². The minimum Gasteiger partial charge on any atom is -0.478 e. The van der Waals surface area contributed by atoms with Gasteiger partial charge in [-0.15, -0.1) is 0 Å². The van der Waals surface area contributed by atoms with E-state index in [4.69, 9.17) is 5.11 Å². The van der Waals surface area contributed by atoms with Crippen LogP contribution in [0.15, 0.2) is 12.3 Å². The van der Waals surface area contributed by atoms with Crippen LogP contribution in [0.4, 0.5) is 0 Å². The Kier molecular flexibility index (Phi) is 2.75. The number of rotatable bonds is 2. The van der Waals surface area contributed by atoms with Gasteiger partial charge in [0, 0.05) is 25.4 Å². The van der Waals surface area contributed by atoms with E-state index in [0.29, 0.717) is 0 Å². The molecule has 0 aromatic heterocycles. The van der Waals surface area contributed by atoms with E-state index in [1.54, 1.807) is 6.20 Å². The topological polar surface area (TPSA) is 40.5 Å². The molecule has 0 radical (unpaired) electrons. The van der Waals surface area contributed by atoms with Crippen LogP contribution >= 0.6 is 0 Å². The lowest BCUT2D eigenvalue weighted by Gasteiger charge is -2.22. The Morgan fingerprint density at radius 1 is 1.21 bits per heavy atom. The van der Waals surface area contributed by atoms with Crippen LogP contribution in [0, 0.1) is 11.8 Å². The normalized spacial score (nSPS) is 32.1. The highest BCUT2D eigenvalue weighted by Crippen LogP contribution is 2.35. The Morgan fingerprint density at radius 2 is 1.79 bits per heavy atom. The van der Waals surface area contributed by atoms with Crippen molar-refractivity contribution in [2.45, 2.75) is 25.7 Å². The van der Waals surface area contributed by atoms with Gasteiger partial charge in [0.2, 0.25) is 0 Å². The van der Waals surface area contributed by atoms with Crippen molar-refractivity contribution >= 4 is 5.97 Å². The van der Waals surface area contributed by atoms with Crippen LogP contribution in [-0.4, -0.2) is 29.1 Å². The van der Waals surface area contributed by atoms with E-state index in [9.17, 15) is 4.79 Å². The van der Waals surface area contributed by atoms with Crippen molar-refractivity contribution in [3.05, 3.63) is 12.3 Å². The summed E-state index contributed by atoms with van der Waals surface area (Å²) in [4.78, 5) is 12.5. The summed E-state index contributed by atoms with van der Waals surface area (Å²) in [6.45, 7) is 2.13. The molecule has 2 rings (SSSR count). The summed E-state index contributed by atoms with van der Waals surface area (Å²) < 4.78 is 0. The molecule has 1 aliphatic carbocycles. The van der Waals surface area contributed by atoms with Gasteiger partial charge in [-0.1, -0.05) is 12.8 Å². The lowest BCUT2D eigenvalue weighted by Crippen LogP contribution is -2.16. The van der Waals surface area contributed by atoms with E-state index in [1.165, 1.54) is 31.8 Å². The van der Waals surface area contributed by atoms with Crippen molar-refractivity contribution in [3.63, 3.8) is 0 Å². The van der Waals surface area contributed by atoms with Crippen LogP contribution in [0.2, 0.25) is 0 Å². The van der Waals surface area contributed by atoms with Crippen LogP contribution in [0.5, 0.6) is 0 Å². The lowest BCUT2D eigenvalue weighted by molar-refractivity contribution is -0.131. The molecule has 2 aliphatic rings. The minimum atomic E-state index is -0.847. The molecule has 1 heterocycles. The van der Waals surface area contributed by atoms with Crippen LogP contribution in [0.25, 0.3) is 0 Å². The molecule has 1 N–H and O–H groups in total. The quantitative estimate of drug-likeness (QED) is 0.682. The minimum absolute atomic E-state index is 0.821. The number of carbonyl (C=O) groups is 1. The first kappa shape index (κ1) is 9.56. The third-order valence-corrected chi connectivity index (χ3v) is 3.43. The summed E-state index contributed by atoms with van der Waals surface area (Å²) in [5, 5.41) is 8.52. The Balaban J connectivity index is 1.89. The standard InChI is InChI=1S/C11H17NO2/c13-11(14)5-6-12-7-9-3-1-2-4-10(9)8-12/h5-6,9-10H,1-4,7-8H2,(H,13,14)/b6-5+. The maximum Gasteiger partial charge on any atom is 0.329 e. The second kappa shape index (κ2) is 4.03. The number of carboxylic acids is 1. The molecule has 78 valence electrons. The van der Waals surface area contributed by atoms with Crippen molar-refractivity contribution in [3.8, 4) is 0 Å². The van der Waals surface area contributed by atoms with E-state index in [2.05, 4.69) is 4.90 Å². The maximum atomic E-state index is 10.4. The molecule has 3 nitrogen and oxygen atoms in total. The predicted molar refractivity (Wildman–Crippen MR) is 53.8 cm³/mol. The summed E-state index contributed by atoms with van der Waals surface area (Å²) in [5.41, 5.74) is 0. The largest absolute Gasteiger partial charge is 0.478 e. The van der Waals surface area contributed by atoms with Gasteiger partial charge in [0.05, 0.1) is 0 Å². The second-order valence-electron chi connectivity index (χ2n) is 4.41. The smallest absolute Gasteiger partial charge is 0.329 e. The van der Waals surface area contributed by atoms with Crippen molar-refractivity contribution in [1.82, 2.24) is 4.90 Å². The lowest BCUT2D eigenvalue weighted by atomic mass is 9.82. The monoisotopic (exact) mass is 195 g/mol. The van der Waals surface area contributed by atoms with Crippen molar-refractivity contribution in [1.29, 1.82) is 0 Å². The average Bonchev–Trinajstić information content (AvgIpc) is 2.57. The predicted octanol–water partition coefficient (Wildman–Crippen LogP) is 1.71. The molecule has 0 aromatic rings. The first-order valence-electron chi connectivity index (χ1n) is 5.41. The molecule has 2 fully saturated rings. The van der Waals surface area contributed by atoms with Crippen LogP contribution in [0.3, 0.4) is 0 Å². The van der Waals surface area contributed by atoms with Gasteiger partial charge in [0.15, 0.2) is 0 Å². The van der Waals surface area contributed by atoms with Gasteiger partial charge in [-0.25, -0.2) is 4.79 Å². The number of fused-ring (bicyclic) bond motifs is 1. The number of aliphatic carboxylic acids is 1. The summed E-state index contributed by atoms with van der Waals surface area (Å²) in [6, 6.07) is 0. The highest BCUT2D eigenvalue weighted by molar-refractivity contribution is 5.79. The molecule has 1 saturated carbocycles. The van der Waals surface area contributed by atoms with E-state index < -0.39 is 5.97 Å². The Hall–Kier alpha value is -0.990. The van der Waals surface area contributed by atoms with Gasteiger partial charge < -0.3 is 10.0 Å². The van der Waals surface area contributed by atoms with Gasteiger partial charge in [-0.05, 0) is 24.7 Å². The second-order valence-corrected chi connectivity index (χ2v) is 4.41. The van der Waals surface area contributed by atoms with E-state index in [-0.39, 0.29) is 0 Å². The third-order valence-electron chi connectivity index (χ3n) is 3.43. The van der Waals surface area contributed by atoms with Crippen LogP contribution < -0.4 is 0 Å². The SMILES string of the molecule is O=C(O)/C=C/N1CC2CCCCC2C1. The van der Waals surface area contributed by atoms with E-state index in [0.717, 1.165) is 24.9 Å². The Bertz CT molecular complexity index is 236. The molecule has 1 saturated heterocycles. The van der Waals surface area contributed by atoms with Gasteiger partial charge in [0.1, 0.15) is 0 Å². The summed E-state index contributed by atoms with van der Waals surface area (Å²) in [5.74, 6) is 0.796. The molecule has 3 heteroatoms. The number of carboxylic acid groups (broad SMARTS) is 1.